The van der Waals surface area contributed by atoms with Gasteiger partial charge in [-0.1, -0.05) is 0 Å². The lowest BCUT2D eigenvalue weighted by molar-refractivity contribution is -0.122. The van der Waals surface area contributed by atoms with Crippen molar-refractivity contribution in [3.8, 4) is 5.75 Å². The molecule has 27 heavy (non-hydrogen) atoms. The number of nitrogens with zero attached hydrogens (tertiary/aromatic N) is 2. The standard InChI is InChI=1S/C20H21N3O4/c1-5-22-12(2)10-14(13(22)3)11-17-18(24)21-20(26)23(19(17)25)15-6-8-16(27-4)9-7-15/h6-11H,5H2,1-4H3,(H,21,24,26). The van der Waals surface area contributed by atoms with E-state index in [1.807, 2.05) is 26.8 Å². The van der Waals surface area contributed by atoms with Gasteiger partial charge in [-0.25, -0.2) is 9.69 Å². The van der Waals surface area contributed by atoms with Crippen LogP contribution in [-0.2, 0) is 16.1 Å². The summed E-state index contributed by atoms with van der Waals surface area (Å²) in [6, 6.07) is 7.61. The number of aryl methyl sites for hydroxylation is 1. The molecule has 1 N–H and O–H groups in total. The largest absolute Gasteiger partial charge is 0.497 e. The molecular weight excluding hydrogens is 346 g/mol. The molecular formula is C20H21N3O4. The smallest absolute Gasteiger partial charge is 0.335 e. The molecule has 7 heteroatoms. The van der Waals surface area contributed by atoms with Gasteiger partial charge in [0.15, 0.2) is 0 Å². The van der Waals surface area contributed by atoms with Crippen LogP contribution in [0.25, 0.3) is 6.08 Å². The Balaban J connectivity index is 2.02. The van der Waals surface area contributed by atoms with E-state index in [2.05, 4.69) is 9.88 Å². The monoisotopic (exact) mass is 367 g/mol. The minimum absolute atomic E-state index is 0.0817. The molecule has 3 rings (SSSR count). The van der Waals surface area contributed by atoms with E-state index in [9.17, 15) is 14.4 Å². The zero-order valence-electron chi connectivity index (χ0n) is 15.7. The Labute approximate surface area is 157 Å². The first-order chi connectivity index (χ1) is 12.9. The summed E-state index contributed by atoms with van der Waals surface area (Å²) in [5.41, 5.74) is 3.04. The van der Waals surface area contributed by atoms with E-state index in [1.54, 1.807) is 24.3 Å². The van der Waals surface area contributed by atoms with Crippen molar-refractivity contribution in [1.29, 1.82) is 0 Å². The zero-order chi connectivity index (χ0) is 19.7. The van der Waals surface area contributed by atoms with E-state index in [1.165, 1.54) is 13.2 Å². The van der Waals surface area contributed by atoms with Crippen LogP contribution in [0.3, 0.4) is 0 Å². The molecule has 1 aromatic heterocycles. The lowest BCUT2D eigenvalue weighted by Crippen LogP contribution is -2.54. The van der Waals surface area contributed by atoms with Crippen LogP contribution < -0.4 is 15.0 Å². The van der Waals surface area contributed by atoms with Gasteiger partial charge in [-0.2, -0.15) is 0 Å². The van der Waals surface area contributed by atoms with Crippen molar-refractivity contribution in [1.82, 2.24) is 9.88 Å². The fourth-order valence-electron chi connectivity index (χ4n) is 3.24. The molecule has 0 saturated carbocycles. The van der Waals surface area contributed by atoms with Crippen LogP contribution in [0.15, 0.2) is 35.9 Å². The number of barbiturate groups is 1. The van der Waals surface area contributed by atoms with Crippen molar-refractivity contribution in [3.05, 3.63) is 52.9 Å². The predicted molar refractivity (Wildman–Crippen MR) is 102 cm³/mol. The fraction of sp³-hybridized carbons (Fsp3) is 0.250. The molecule has 1 saturated heterocycles. The SMILES string of the molecule is CCn1c(C)cc(C=C2C(=O)NC(=O)N(c3ccc(OC)cc3)C2=O)c1C. The lowest BCUT2D eigenvalue weighted by atomic mass is 10.1. The van der Waals surface area contributed by atoms with Crippen molar-refractivity contribution in [2.45, 2.75) is 27.3 Å². The maximum atomic E-state index is 12.9. The van der Waals surface area contributed by atoms with Gasteiger partial charge in [0.25, 0.3) is 11.8 Å². The molecule has 0 bridgehead atoms. The number of benzene rings is 1. The van der Waals surface area contributed by atoms with Crippen LogP contribution in [0.2, 0.25) is 0 Å². The Kier molecular flexibility index (Phi) is 4.85. The summed E-state index contributed by atoms with van der Waals surface area (Å²) in [5.74, 6) is -0.756. The molecule has 0 aliphatic carbocycles. The average Bonchev–Trinajstić information content (AvgIpc) is 2.91. The molecule has 2 aromatic rings. The van der Waals surface area contributed by atoms with Gasteiger partial charge in [-0.15, -0.1) is 0 Å². The highest BCUT2D eigenvalue weighted by atomic mass is 16.5. The summed E-state index contributed by atoms with van der Waals surface area (Å²) in [5, 5.41) is 2.23. The maximum Gasteiger partial charge on any atom is 0.335 e. The first kappa shape index (κ1) is 18.4. The average molecular weight is 367 g/mol. The number of carbonyl (C=O) groups is 3. The Hall–Kier alpha value is -3.35. The Morgan fingerprint density at radius 1 is 1.11 bits per heavy atom. The second kappa shape index (κ2) is 7.11. The summed E-state index contributed by atoms with van der Waals surface area (Å²) in [4.78, 5) is 38.4. The fourth-order valence-corrected chi connectivity index (χ4v) is 3.24. The van der Waals surface area contributed by atoms with Crippen LogP contribution >= 0.6 is 0 Å². The third-order valence-corrected chi connectivity index (χ3v) is 4.66. The molecule has 1 aliphatic rings. The summed E-state index contributed by atoms with van der Waals surface area (Å²) >= 11 is 0. The van der Waals surface area contributed by atoms with Crippen molar-refractivity contribution < 1.29 is 19.1 Å². The molecule has 0 spiro atoms. The minimum atomic E-state index is -0.772. The van der Waals surface area contributed by atoms with Crippen LogP contribution in [0, 0.1) is 13.8 Å². The van der Waals surface area contributed by atoms with E-state index in [0.717, 1.165) is 28.4 Å². The number of rotatable bonds is 4. The number of anilines is 1. The summed E-state index contributed by atoms with van der Waals surface area (Å²) < 4.78 is 7.18. The Bertz CT molecular complexity index is 954. The molecule has 7 nitrogen and oxygen atoms in total. The molecule has 1 fully saturated rings. The van der Waals surface area contributed by atoms with Crippen molar-refractivity contribution in [2.75, 3.05) is 12.0 Å². The topological polar surface area (TPSA) is 80.6 Å². The Morgan fingerprint density at radius 3 is 2.33 bits per heavy atom. The number of imide groups is 2. The van der Waals surface area contributed by atoms with Crippen LogP contribution in [0.4, 0.5) is 10.5 Å². The van der Waals surface area contributed by atoms with Crippen LogP contribution in [0.1, 0.15) is 23.9 Å². The molecule has 4 amide bonds. The number of nitrogens with one attached hydrogen (secondary N) is 1. The van der Waals surface area contributed by atoms with E-state index in [0.29, 0.717) is 11.4 Å². The van der Waals surface area contributed by atoms with Gasteiger partial charge in [0.2, 0.25) is 0 Å². The van der Waals surface area contributed by atoms with Crippen LogP contribution in [0.5, 0.6) is 5.75 Å². The third kappa shape index (κ3) is 3.23. The molecule has 140 valence electrons. The highest BCUT2D eigenvalue weighted by Crippen LogP contribution is 2.25. The number of hydrogen-bond donors (Lipinski definition) is 1. The molecule has 1 aromatic carbocycles. The van der Waals surface area contributed by atoms with E-state index < -0.39 is 17.8 Å². The van der Waals surface area contributed by atoms with Gasteiger partial charge < -0.3 is 9.30 Å². The summed E-state index contributed by atoms with van der Waals surface area (Å²) in [6.45, 7) is 6.71. The van der Waals surface area contributed by atoms with Crippen molar-refractivity contribution >= 4 is 29.6 Å². The van der Waals surface area contributed by atoms with Crippen LogP contribution in [-0.4, -0.2) is 29.5 Å². The number of amides is 4. The number of aromatic nitrogens is 1. The van der Waals surface area contributed by atoms with Gasteiger partial charge in [0.1, 0.15) is 11.3 Å². The second-order valence-corrected chi connectivity index (χ2v) is 6.23. The van der Waals surface area contributed by atoms with E-state index >= 15 is 0 Å². The number of urea groups is 1. The van der Waals surface area contributed by atoms with Gasteiger partial charge in [-0.05, 0) is 62.7 Å². The Morgan fingerprint density at radius 2 is 1.78 bits per heavy atom. The molecule has 1 aliphatic heterocycles. The normalized spacial score (nSPS) is 16.1. The number of carbonyl (C=O) groups excluding carboxylic acids is 3. The van der Waals surface area contributed by atoms with Gasteiger partial charge in [0, 0.05) is 17.9 Å². The van der Waals surface area contributed by atoms with Gasteiger partial charge >= 0.3 is 6.03 Å². The molecule has 0 radical (unpaired) electrons. The zero-order valence-corrected chi connectivity index (χ0v) is 15.7. The first-order valence-corrected chi connectivity index (χ1v) is 8.59. The highest BCUT2D eigenvalue weighted by Gasteiger charge is 2.37. The quantitative estimate of drug-likeness (QED) is 0.666. The summed E-state index contributed by atoms with van der Waals surface area (Å²) in [6.07, 6.45) is 1.54. The lowest BCUT2D eigenvalue weighted by Gasteiger charge is -2.26. The third-order valence-electron chi connectivity index (χ3n) is 4.66. The first-order valence-electron chi connectivity index (χ1n) is 8.59. The van der Waals surface area contributed by atoms with Crippen molar-refractivity contribution in [3.63, 3.8) is 0 Å². The number of methoxy groups -OCH3 is 1. The molecule has 2 heterocycles. The highest BCUT2D eigenvalue weighted by molar-refractivity contribution is 6.39. The van der Waals surface area contributed by atoms with Crippen molar-refractivity contribution in [2.24, 2.45) is 0 Å². The van der Waals surface area contributed by atoms with Gasteiger partial charge in [-0.3, -0.25) is 14.9 Å². The molecule has 0 unspecified atom stereocenters. The second-order valence-electron chi connectivity index (χ2n) is 6.23. The van der Waals surface area contributed by atoms with Gasteiger partial charge in [0.05, 0.1) is 12.8 Å². The van der Waals surface area contributed by atoms with E-state index in [4.69, 9.17) is 4.74 Å². The maximum absolute atomic E-state index is 12.9. The molecule has 0 atom stereocenters. The summed E-state index contributed by atoms with van der Waals surface area (Å²) in [7, 11) is 1.53. The minimum Gasteiger partial charge on any atom is -0.497 e. The van der Waals surface area contributed by atoms with E-state index in [-0.39, 0.29) is 5.57 Å². The number of hydrogen-bond acceptors (Lipinski definition) is 4. The predicted octanol–water partition coefficient (Wildman–Crippen LogP) is 2.80. The number of ether oxygens (including phenoxy) is 1.